The van der Waals surface area contributed by atoms with E-state index in [4.69, 9.17) is 0 Å². The highest BCUT2D eigenvalue weighted by molar-refractivity contribution is 4.67. The lowest BCUT2D eigenvalue weighted by molar-refractivity contribution is 0.212. The van der Waals surface area contributed by atoms with Crippen LogP contribution in [0.2, 0.25) is 0 Å². The van der Waals surface area contributed by atoms with Crippen LogP contribution in [0.5, 0.6) is 0 Å². The van der Waals surface area contributed by atoms with Crippen LogP contribution < -0.4 is 5.32 Å². The molecule has 0 bridgehead atoms. The van der Waals surface area contributed by atoms with Gasteiger partial charge in [-0.25, -0.2) is 0 Å². The lowest BCUT2D eigenvalue weighted by Crippen LogP contribution is -2.40. The fourth-order valence-electron chi connectivity index (χ4n) is 1.53. The zero-order chi connectivity index (χ0) is 10.1. The van der Waals surface area contributed by atoms with Crippen molar-refractivity contribution >= 4 is 0 Å². The Balaban J connectivity index is 3.63. The largest absolute Gasteiger partial charge is 0.315 e. The SMILES string of the molecule is CCCCN(CC)C(C)CNCC. The second-order valence-corrected chi connectivity index (χ2v) is 3.64. The Hall–Kier alpha value is -0.0800. The normalized spacial score (nSPS) is 13.6. The van der Waals surface area contributed by atoms with Gasteiger partial charge in [0.1, 0.15) is 0 Å². The van der Waals surface area contributed by atoms with Gasteiger partial charge in [-0.1, -0.05) is 27.2 Å². The highest BCUT2D eigenvalue weighted by Crippen LogP contribution is 2.00. The van der Waals surface area contributed by atoms with Gasteiger partial charge in [0.25, 0.3) is 0 Å². The maximum Gasteiger partial charge on any atom is 0.0192 e. The average Bonchev–Trinajstić information content (AvgIpc) is 2.16. The van der Waals surface area contributed by atoms with E-state index >= 15 is 0 Å². The Labute approximate surface area is 83.7 Å². The first-order valence-electron chi connectivity index (χ1n) is 5.70. The van der Waals surface area contributed by atoms with Crippen LogP contribution >= 0.6 is 0 Å². The van der Waals surface area contributed by atoms with Gasteiger partial charge in [-0.15, -0.1) is 0 Å². The second-order valence-electron chi connectivity index (χ2n) is 3.64. The fourth-order valence-corrected chi connectivity index (χ4v) is 1.53. The molecule has 0 spiro atoms. The molecule has 0 heterocycles. The number of hydrogen-bond donors (Lipinski definition) is 1. The van der Waals surface area contributed by atoms with Crippen molar-refractivity contribution in [3.8, 4) is 0 Å². The van der Waals surface area contributed by atoms with Gasteiger partial charge >= 0.3 is 0 Å². The summed E-state index contributed by atoms with van der Waals surface area (Å²) in [6.45, 7) is 13.6. The van der Waals surface area contributed by atoms with Gasteiger partial charge in [0.15, 0.2) is 0 Å². The van der Waals surface area contributed by atoms with Gasteiger partial charge < -0.3 is 5.32 Å². The summed E-state index contributed by atoms with van der Waals surface area (Å²) in [7, 11) is 0. The quantitative estimate of drug-likeness (QED) is 0.624. The van der Waals surface area contributed by atoms with Crippen molar-refractivity contribution < 1.29 is 0 Å². The zero-order valence-corrected chi connectivity index (χ0v) is 9.77. The summed E-state index contributed by atoms with van der Waals surface area (Å²) in [4.78, 5) is 2.55. The molecule has 1 unspecified atom stereocenters. The number of likely N-dealkylation sites (N-methyl/N-ethyl adjacent to an activating group) is 2. The summed E-state index contributed by atoms with van der Waals surface area (Å²) in [5.74, 6) is 0. The summed E-state index contributed by atoms with van der Waals surface area (Å²) in [5, 5.41) is 3.40. The minimum Gasteiger partial charge on any atom is -0.315 e. The van der Waals surface area contributed by atoms with Gasteiger partial charge in [0, 0.05) is 12.6 Å². The molecule has 0 rings (SSSR count). The van der Waals surface area contributed by atoms with E-state index in [1.165, 1.54) is 25.9 Å². The lowest BCUT2D eigenvalue weighted by atomic mass is 10.2. The predicted molar refractivity (Wildman–Crippen MR) is 60.2 cm³/mol. The molecule has 2 nitrogen and oxygen atoms in total. The van der Waals surface area contributed by atoms with Gasteiger partial charge in [-0.3, -0.25) is 4.90 Å². The number of hydrogen-bond acceptors (Lipinski definition) is 2. The van der Waals surface area contributed by atoms with E-state index in [0.29, 0.717) is 6.04 Å². The molecule has 0 aliphatic rings. The molecule has 0 amide bonds. The van der Waals surface area contributed by atoms with Crippen LogP contribution in [-0.2, 0) is 0 Å². The molecule has 0 radical (unpaired) electrons. The second kappa shape index (κ2) is 8.52. The molecule has 1 atom stereocenters. The minimum absolute atomic E-state index is 0.677. The highest BCUT2D eigenvalue weighted by atomic mass is 15.2. The maximum atomic E-state index is 3.40. The monoisotopic (exact) mass is 186 g/mol. The third-order valence-corrected chi connectivity index (χ3v) is 2.52. The zero-order valence-electron chi connectivity index (χ0n) is 9.77. The molecule has 13 heavy (non-hydrogen) atoms. The Kier molecular flexibility index (Phi) is 8.46. The molecule has 0 aliphatic heterocycles. The Morgan fingerprint density at radius 2 is 1.92 bits per heavy atom. The van der Waals surface area contributed by atoms with Crippen molar-refractivity contribution in [2.45, 2.75) is 46.6 Å². The number of rotatable bonds is 8. The standard InChI is InChI=1S/C11H26N2/c1-5-8-9-13(7-3)11(4)10-12-6-2/h11-12H,5-10H2,1-4H3. The Bertz CT molecular complexity index is 104. The predicted octanol–water partition coefficient (Wildman–Crippen LogP) is 2.11. The van der Waals surface area contributed by atoms with Crippen LogP contribution in [0.25, 0.3) is 0 Å². The molecular weight excluding hydrogens is 160 g/mol. The molecule has 0 fully saturated rings. The summed E-state index contributed by atoms with van der Waals surface area (Å²) in [5.41, 5.74) is 0. The summed E-state index contributed by atoms with van der Waals surface area (Å²) >= 11 is 0. The van der Waals surface area contributed by atoms with Crippen LogP contribution in [0.4, 0.5) is 0 Å². The third-order valence-electron chi connectivity index (χ3n) is 2.52. The smallest absolute Gasteiger partial charge is 0.0192 e. The molecule has 0 saturated carbocycles. The van der Waals surface area contributed by atoms with Crippen LogP contribution in [0.3, 0.4) is 0 Å². The first-order chi connectivity index (χ1) is 6.26. The van der Waals surface area contributed by atoms with E-state index in [2.05, 4.69) is 37.9 Å². The summed E-state index contributed by atoms with van der Waals surface area (Å²) in [6.07, 6.45) is 2.62. The van der Waals surface area contributed by atoms with Crippen LogP contribution in [0, 0.1) is 0 Å². The van der Waals surface area contributed by atoms with E-state index in [0.717, 1.165) is 13.1 Å². The van der Waals surface area contributed by atoms with Crippen LogP contribution in [0.1, 0.15) is 40.5 Å². The van der Waals surface area contributed by atoms with E-state index in [1.807, 2.05) is 0 Å². The molecule has 0 aromatic carbocycles. The minimum atomic E-state index is 0.677. The van der Waals surface area contributed by atoms with E-state index in [1.54, 1.807) is 0 Å². The molecule has 1 N–H and O–H groups in total. The van der Waals surface area contributed by atoms with E-state index in [9.17, 15) is 0 Å². The van der Waals surface area contributed by atoms with Gasteiger partial charge in [0.2, 0.25) is 0 Å². The number of nitrogens with one attached hydrogen (secondary N) is 1. The van der Waals surface area contributed by atoms with Crippen LogP contribution in [-0.4, -0.2) is 37.1 Å². The molecule has 0 aromatic rings. The molecule has 2 heteroatoms. The van der Waals surface area contributed by atoms with Gasteiger partial charge in [-0.2, -0.15) is 0 Å². The third kappa shape index (κ3) is 6.05. The Morgan fingerprint density at radius 1 is 1.23 bits per heavy atom. The molecule has 80 valence electrons. The Morgan fingerprint density at radius 3 is 2.38 bits per heavy atom. The fraction of sp³-hybridized carbons (Fsp3) is 1.00. The first-order valence-corrected chi connectivity index (χ1v) is 5.70. The summed E-state index contributed by atoms with van der Waals surface area (Å²) < 4.78 is 0. The topological polar surface area (TPSA) is 15.3 Å². The highest BCUT2D eigenvalue weighted by Gasteiger charge is 2.09. The van der Waals surface area contributed by atoms with Crippen molar-refractivity contribution in [1.82, 2.24) is 10.2 Å². The van der Waals surface area contributed by atoms with Crippen molar-refractivity contribution in [2.75, 3.05) is 26.2 Å². The van der Waals surface area contributed by atoms with Crippen LogP contribution in [0.15, 0.2) is 0 Å². The number of nitrogens with zero attached hydrogens (tertiary/aromatic N) is 1. The van der Waals surface area contributed by atoms with Crippen molar-refractivity contribution in [2.24, 2.45) is 0 Å². The van der Waals surface area contributed by atoms with E-state index < -0.39 is 0 Å². The van der Waals surface area contributed by atoms with Gasteiger partial charge in [-0.05, 0) is 33.0 Å². The summed E-state index contributed by atoms with van der Waals surface area (Å²) in [6, 6.07) is 0.677. The van der Waals surface area contributed by atoms with Crippen molar-refractivity contribution in [3.05, 3.63) is 0 Å². The molecule has 0 aromatic heterocycles. The van der Waals surface area contributed by atoms with E-state index in [-0.39, 0.29) is 0 Å². The molecule has 0 saturated heterocycles. The van der Waals surface area contributed by atoms with Crippen molar-refractivity contribution in [3.63, 3.8) is 0 Å². The average molecular weight is 186 g/mol. The maximum absolute atomic E-state index is 3.40. The first kappa shape index (κ1) is 12.9. The number of unbranched alkanes of at least 4 members (excludes halogenated alkanes) is 1. The van der Waals surface area contributed by atoms with Gasteiger partial charge in [0.05, 0.1) is 0 Å². The lowest BCUT2D eigenvalue weighted by Gasteiger charge is -2.27. The van der Waals surface area contributed by atoms with Crippen molar-refractivity contribution in [1.29, 1.82) is 0 Å². The molecular formula is C11H26N2. The molecule has 0 aliphatic carbocycles.